The zero-order valence-corrected chi connectivity index (χ0v) is 12.3. The fraction of sp³-hybridized carbons (Fsp3) is 0.929. The van der Waals surface area contributed by atoms with Crippen molar-refractivity contribution >= 4 is 5.78 Å². The monoisotopic (exact) mass is 244 g/mol. The maximum atomic E-state index is 12.4. The Morgan fingerprint density at radius 1 is 1.24 bits per heavy atom. The first-order valence-electron chi connectivity index (χ1n) is 6.40. The van der Waals surface area contributed by atoms with Gasteiger partial charge >= 0.3 is 0 Å². The van der Waals surface area contributed by atoms with Crippen molar-refractivity contribution in [2.75, 3.05) is 13.7 Å². The molecule has 0 aromatic rings. The summed E-state index contributed by atoms with van der Waals surface area (Å²) in [5, 5.41) is 9.86. The van der Waals surface area contributed by atoms with Gasteiger partial charge in [0.2, 0.25) is 0 Å². The second-order valence-electron chi connectivity index (χ2n) is 5.81. The average Bonchev–Trinajstić information content (AvgIpc) is 2.25. The third-order valence-corrected chi connectivity index (χ3v) is 4.30. The van der Waals surface area contributed by atoms with Gasteiger partial charge in [-0.2, -0.15) is 0 Å². The van der Waals surface area contributed by atoms with Crippen molar-refractivity contribution in [1.29, 1.82) is 0 Å². The lowest BCUT2D eigenvalue weighted by Gasteiger charge is -2.41. The minimum Gasteiger partial charge on any atom is -0.383 e. The summed E-state index contributed by atoms with van der Waals surface area (Å²) >= 11 is 0. The van der Waals surface area contributed by atoms with Gasteiger partial charge in [-0.25, -0.2) is 0 Å². The summed E-state index contributed by atoms with van der Waals surface area (Å²) in [7, 11) is 1.50. The standard InChI is InChI=1S/C14H28O3/c1-9(2)11(5)14(6,10(3)4)13(16)12(15)8-17-7/h9-12,15H,8H2,1-7H3. The normalized spacial score (nSPS) is 19.2. The average molecular weight is 244 g/mol. The molecule has 0 spiro atoms. The number of hydrogen-bond donors (Lipinski definition) is 1. The predicted molar refractivity (Wildman–Crippen MR) is 69.8 cm³/mol. The van der Waals surface area contributed by atoms with Crippen molar-refractivity contribution in [3.05, 3.63) is 0 Å². The Balaban J connectivity index is 5.14. The van der Waals surface area contributed by atoms with Crippen LogP contribution in [0.5, 0.6) is 0 Å². The molecule has 0 rings (SSSR count). The van der Waals surface area contributed by atoms with Crippen LogP contribution in [0.15, 0.2) is 0 Å². The second kappa shape index (κ2) is 6.50. The molecule has 0 aliphatic rings. The first-order chi connectivity index (χ1) is 7.69. The molecule has 0 saturated heterocycles. The van der Waals surface area contributed by atoms with Gasteiger partial charge < -0.3 is 9.84 Å². The molecule has 0 aliphatic heterocycles. The molecule has 3 unspecified atom stereocenters. The summed E-state index contributed by atoms with van der Waals surface area (Å²) in [6.45, 7) is 12.4. The molecule has 0 aromatic carbocycles. The highest BCUT2D eigenvalue weighted by Crippen LogP contribution is 2.41. The highest BCUT2D eigenvalue weighted by molar-refractivity contribution is 5.89. The molecule has 0 fully saturated rings. The molecule has 3 heteroatoms. The summed E-state index contributed by atoms with van der Waals surface area (Å²) < 4.78 is 4.87. The second-order valence-corrected chi connectivity index (χ2v) is 5.81. The van der Waals surface area contributed by atoms with E-state index >= 15 is 0 Å². The van der Waals surface area contributed by atoms with Crippen molar-refractivity contribution in [3.8, 4) is 0 Å². The molecular formula is C14H28O3. The summed E-state index contributed by atoms with van der Waals surface area (Å²) in [6.07, 6.45) is -1.02. The van der Waals surface area contributed by atoms with E-state index < -0.39 is 11.5 Å². The molecule has 0 radical (unpaired) electrons. The Kier molecular flexibility index (Phi) is 6.35. The molecule has 0 aliphatic carbocycles. The molecule has 17 heavy (non-hydrogen) atoms. The van der Waals surface area contributed by atoms with Gasteiger partial charge in [0.1, 0.15) is 6.10 Å². The van der Waals surface area contributed by atoms with Gasteiger partial charge in [0, 0.05) is 12.5 Å². The van der Waals surface area contributed by atoms with E-state index in [1.807, 2.05) is 20.8 Å². The molecule has 0 saturated carbocycles. The van der Waals surface area contributed by atoms with E-state index in [1.165, 1.54) is 7.11 Å². The van der Waals surface area contributed by atoms with Gasteiger partial charge in [-0.1, -0.05) is 41.5 Å². The Morgan fingerprint density at radius 3 is 2.00 bits per heavy atom. The summed E-state index contributed by atoms with van der Waals surface area (Å²) in [5.74, 6) is 0.719. The number of Topliss-reactive ketones (excluding diaryl/α,β-unsaturated/α-hetero) is 1. The Morgan fingerprint density at radius 2 is 1.71 bits per heavy atom. The summed E-state index contributed by atoms with van der Waals surface area (Å²) in [4.78, 5) is 12.4. The van der Waals surface area contributed by atoms with E-state index in [1.54, 1.807) is 0 Å². The largest absolute Gasteiger partial charge is 0.383 e. The van der Waals surface area contributed by atoms with E-state index in [9.17, 15) is 9.90 Å². The van der Waals surface area contributed by atoms with Gasteiger partial charge in [-0.3, -0.25) is 4.79 Å². The molecule has 102 valence electrons. The lowest BCUT2D eigenvalue weighted by molar-refractivity contribution is -0.146. The third-order valence-electron chi connectivity index (χ3n) is 4.30. The first-order valence-corrected chi connectivity index (χ1v) is 6.40. The molecule has 0 bridgehead atoms. The maximum Gasteiger partial charge on any atom is 0.170 e. The number of hydrogen-bond acceptors (Lipinski definition) is 3. The van der Waals surface area contributed by atoms with Crippen LogP contribution in [-0.4, -0.2) is 30.7 Å². The molecule has 3 nitrogen and oxygen atoms in total. The van der Waals surface area contributed by atoms with Crippen LogP contribution in [0.4, 0.5) is 0 Å². The van der Waals surface area contributed by atoms with Gasteiger partial charge in [-0.15, -0.1) is 0 Å². The van der Waals surface area contributed by atoms with Crippen molar-refractivity contribution < 1.29 is 14.6 Å². The lowest BCUT2D eigenvalue weighted by Crippen LogP contribution is -2.47. The lowest BCUT2D eigenvalue weighted by atomic mass is 9.62. The van der Waals surface area contributed by atoms with Crippen LogP contribution in [-0.2, 0) is 9.53 Å². The maximum absolute atomic E-state index is 12.4. The van der Waals surface area contributed by atoms with Gasteiger partial charge in [-0.05, 0) is 17.8 Å². The van der Waals surface area contributed by atoms with E-state index in [4.69, 9.17) is 4.74 Å². The van der Waals surface area contributed by atoms with Crippen LogP contribution in [0.2, 0.25) is 0 Å². The number of aliphatic hydroxyl groups is 1. The highest BCUT2D eigenvalue weighted by atomic mass is 16.5. The summed E-state index contributed by atoms with van der Waals surface area (Å²) in [6, 6.07) is 0. The van der Waals surface area contributed by atoms with Crippen LogP contribution in [0.3, 0.4) is 0 Å². The van der Waals surface area contributed by atoms with Crippen LogP contribution in [0.25, 0.3) is 0 Å². The van der Waals surface area contributed by atoms with Crippen LogP contribution >= 0.6 is 0 Å². The fourth-order valence-corrected chi connectivity index (χ4v) is 2.32. The number of ether oxygens (including phenoxy) is 1. The Hall–Kier alpha value is -0.410. The number of rotatable bonds is 7. The molecule has 3 atom stereocenters. The highest BCUT2D eigenvalue weighted by Gasteiger charge is 2.44. The third kappa shape index (κ3) is 3.52. The van der Waals surface area contributed by atoms with Crippen LogP contribution < -0.4 is 0 Å². The molecular weight excluding hydrogens is 216 g/mol. The quantitative estimate of drug-likeness (QED) is 0.748. The number of methoxy groups -OCH3 is 1. The Bertz CT molecular complexity index is 248. The minimum absolute atomic E-state index is 0.0754. The van der Waals surface area contributed by atoms with Crippen LogP contribution in [0, 0.1) is 23.2 Å². The fourth-order valence-electron chi connectivity index (χ4n) is 2.32. The molecule has 0 aromatic heterocycles. The zero-order chi connectivity index (χ0) is 13.8. The van der Waals surface area contributed by atoms with E-state index in [-0.39, 0.29) is 24.2 Å². The van der Waals surface area contributed by atoms with E-state index in [0.29, 0.717) is 5.92 Å². The first kappa shape index (κ1) is 16.6. The van der Waals surface area contributed by atoms with Crippen molar-refractivity contribution in [1.82, 2.24) is 0 Å². The zero-order valence-electron chi connectivity index (χ0n) is 12.3. The van der Waals surface area contributed by atoms with Gasteiger partial charge in [0.05, 0.1) is 6.61 Å². The number of carbonyl (C=O) groups excluding carboxylic acids is 1. The number of aliphatic hydroxyl groups excluding tert-OH is 1. The van der Waals surface area contributed by atoms with Crippen molar-refractivity contribution in [2.45, 2.75) is 47.6 Å². The van der Waals surface area contributed by atoms with Crippen molar-refractivity contribution in [2.24, 2.45) is 23.2 Å². The smallest absolute Gasteiger partial charge is 0.170 e. The topological polar surface area (TPSA) is 46.5 Å². The summed E-state index contributed by atoms with van der Waals surface area (Å²) in [5.41, 5.74) is -0.508. The van der Waals surface area contributed by atoms with Gasteiger partial charge in [0.15, 0.2) is 5.78 Å². The van der Waals surface area contributed by atoms with Crippen LogP contribution in [0.1, 0.15) is 41.5 Å². The van der Waals surface area contributed by atoms with Crippen molar-refractivity contribution in [3.63, 3.8) is 0 Å². The van der Waals surface area contributed by atoms with E-state index in [0.717, 1.165) is 0 Å². The Labute approximate surface area is 106 Å². The minimum atomic E-state index is -1.02. The molecule has 0 amide bonds. The number of ketones is 1. The number of carbonyl (C=O) groups is 1. The van der Waals surface area contributed by atoms with E-state index in [2.05, 4.69) is 20.8 Å². The predicted octanol–water partition coefficient (Wildman–Crippen LogP) is 2.52. The molecule has 1 N–H and O–H groups in total. The van der Waals surface area contributed by atoms with Gasteiger partial charge in [0.25, 0.3) is 0 Å². The molecule has 0 heterocycles. The SMILES string of the molecule is COCC(O)C(=O)C(C)(C(C)C)C(C)C(C)C.